The number of hydrogen-bond acceptors (Lipinski definition) is 2. The quantitative estimate of drug-likeness (QED) is 0.699. The van der Waals surface area contributed by atoms with Crippen LogP contribution in [-0.2, 0) is 6.54 Å². The predicted molar refractivity (Wildman–Crippen MR) is 78.8 cm³/mol. The van der Waals surface area contributed by atoms with Gasteiger partial charge in [0.1, 0.15) is 5.82 Å². The Morgan fingerprint density at radius 1 is 1.17 bits per heavy atom. The highest BCUT2D eigenvalue weighted by Crippen LogP contribution is 2.23. The highest BCUT2D eigenvalue weighted by molar-refractivity contribution is 9.10. The van der Waals surface area contributed by atoms with E-state index in [2.05, 4.69) is 67.3 Å². The van der Waals surface area contributed by atoms with Crippen molar-refractivity contribution in [2.24, 2.45) is 0 Å². The van der Waals surface area contributed by atoms with Crippen LogP contribution in [0.3, 0.4) is 0 Å². The highest BCUT2D eigenvalue weighted by atomic mass is 79.9. The van der Waals surface area contributed by atoms with Gasteiger partial charge in [0.15, 0.2) is 0 Å². The third-order valence-electron chi connectivity index (χ3n) is 2.72. The Bertz CT molecular complexity index is 626. The zero-order valence-electron chi connectivity index (χ0n) is 9.58. The molecule has 0 aliphatic carbocycles. The lowest BCUT2D eigenvalue weighted by Crippen LogP contribution is -2.00. The van der Waals surface area contributed by atoms with Gasteiger partial charge in [-0.05, 0) is 29.1 Å². The van der Waals surface area contributed by atoms with Crippen molar-refractivity contribution >= 4 is 27.3 Å². The Labute approximate surface area is 118 Å². The molecule has 2 heterocycles. The number of rotatable bonds is 3. The molecule has 0 bridgehead atoms. The fourth-order valence-electron chi connectivity index (χ4n) is 1.85. The van der Waals surface area contributed by atoms with E-state index in [1.165, 1.54) is 10.4 Å². The van der Waals surface area contributed by atoms with E-state index in [1.807, 2.05) is 12.4 Å². The van der Waals surface area contributed by atoms with E-state index >= 15 is 0 Å². The molecule has 0 aliphatic rings. The topological polar surface area (TPSA) is 17.8 Å². The largest absolute Gasteiger partial charge is 0.326 e. The third kappa shape index (κ3) is 2.40. The van der Waals surface area contributed by atoms with Crippen LogP contribution in [0.15, 0.2) is 58.6 Å². The molecular formula is C14H11BrN2S. The Hall–Kier alpha value is -1.39. The van der Waals surface area contributed by atoms with E-state index < -0.39 is 0 Å². The van der Waals surface area contributed by atoms with E-state index in [-0.39, 0.29) is 0 Å². The fourth-order valence-corrected chi connectivity index (χ4v) is 2.85. The van der Waals surface area contributed by atoms with Gasteiger partial charge in [0.2, 0.25) is 0 Å². The fraction of sp³-hybridized carbons (Fsp3) is 0.0714. The van der Waals surface area contributed by atoms with E-state index in [0.29, 0.717) is 0 Å². The van der Waals surface area contributed by atoms with Crippen LogP contribution >= 0.6 is 27.3 Å². The average molecular weight is 319 g/mol. The van der Waals surface area contributed by atoms with E-state index in [9.17, 15) is 0 Å². The summed E-state index contributed by atoms with van der Waals surface area (Å²) in [5, 5.41) is 2.08. The van der Waals surface area contributed by atoms with Crippen molar-refractivity contribution in [3.8, 4) is 10.7 Å². The number of aromatic nitrogens is 2. The second-order valence-corrected chi connectivity index (χ2v) is 5.85. The van der Waals surface area contributed by atoms with Gasteiger partial charge in [-0.2, -0.15) is 0 Å². The minimum atomic E-state index is 0.848. The standard InChI is InChI=1S/C14H11BrN2S/c15-12-5-3-11(4-6-12)10-17-8-7-16-14(17)13-2-1-9-18-13/h1-9H,10H2. The Morgan fingerprint density at radius 3 is 2.72 bits per heavy atom. The SMILES string of the molecule is Brc1ccc(Cn2ccnc2-c2cccs2)cc1. The lowest BCUT2D eigenvalue weighted by molar-refractivity contribution is 0.808. The number of benzene rings is 1. The molecule has 1 aromatic carbocycles. The van der Waals surface area contributed by atoms with Crippen molar-refractivity contribution < 1.29 is 0 Å². The van der Waals surface area contributed by atoms with Crippen molar-refractivity contribution in [3.05, 3.63) is 64.2 Å². The Kier molecular flexibility index (Phi) is 3.30. The van der Waals surface area contributed by atoms with Crippen LogP contribution in [0.4, 0.5) is 0 Å². The molecule has 4 heteroatoms. The van der Waals surface area contributed by atoms with Crippen LogP contribution in [0, 0.1) is 0 Å². The van der Waals surface area contributed by atoms with Crippen molar-refractivity contribution in [3.63, 3.8) is 0 Å². The normalized spacial score (nSPS) is 10.7. The number of thiophene rings is 1. The summed E-state index contributed by atoms with van der Waals surface area (Å²) >= 11 is 5.17. The van der Waals surface area contributed by atoms with Gasteiger partial charge < -0.3 is 4.57 Å². The van der Waals surface area contributed by atoms with Crippen LogP contribution in [-0.4, -0.2) is 9.55 Å². The van der Waals surface area contributed by atoms with Crippen molar-refractivity contribution in [2.75, 3.05) is 0 Å². The molecule has 0 amide bonds. The molecule has 0 fully saturated rings. The van der Waals surface area contributed by atoms with Crippen LogP contribution in [0.25, 0.3) is 10.7 Å². The molecule has 0 N–H and O–H groups in total. The second kappa shape index (κ2) is 5.08. The maximum Gasteiger partial charge on any atom is 0.150 e. The molecule has 0 atom stereocenters. The molecule has 90 valence electrons. The zero-order valence-corrected chi connectivity index (χ0v) is 12.0. The number of nitrogens with zero attached hydrogens (tertiary/aromatic N) is 2. The summed E-state index contributed by atoms with van der Waals surface area (Å²) in [6, 6.07) is 12.5. The molecule has 18 heavy (non-hydrogen) atoms. The lowest BCUT2D eigenvalue weighted by Gasteiger charge is -2.06. The van der Waals surface area contributed by atoms with Crippen LogP contribution in [0.1, 0.15) is 5.56 Å². The van der Waals surface area contributed by atoms with Gasteiger partial charge in [-0.3, -0.25) is 0 Å². The summed E-state index contributed by atoms with van der Waals surface area (Å²) in [5.74, 6) is 1.04. The van der Waals surface area contributed by atoms with Gasteiger partial charge in [0, 0.05) is 23.4 Å². The van der Waals surface area contributed by atoms with Gasteiger partial charge in [-0.15, -0.1) is 11.3 Å². The maximum absolute atomic E-state index is 4.44. The molecule has 2 aromatic heterocycles. The Morgan fingerprint density at radius 2 is 2.00 bits per heavy atom. The zero-order chi connectivity index (χ0) is 12.4. The number of imidazole rings is 1. The van der Waals surface area contributed by atoms with Gasteiger partial charge in [0.25, 0.3) is 0 Å². The number of halogens is 1. The molecule has 0 aliphatic heterocycles. The van der Waals surface area contributed by atoms with Crippen LogP contribution < -0.4 is 0 Å². The van der Waals surface area contributed by atoms with Gasteiger partial charge >= 0.3 is 0 Å². The van der Waals surface area contributed by atoms with E-state index in [1.54, 1.807) is 11.3 Å². The second-order valence-electron chi connectivity index (χ2n) is 3.98. The summed E-state index contributed by atoms with van der Waals surface area (Å²) in [4.78, 5) is 5.64. The molecule has 0 saturated carbocycles. The summed E-state index contributed by atoms with van der Waals surface area (Å²) in [6.07, 6.45) is 3.88. The molecule has 0 unspecified atom stereocenters. The van der Waals surface area contributed by atoms with Crippen LogP contribution in [0.2, 0.25) is 0 Å². The molecule has 3 rings (SSSR count). The van der Waals surface area contributed by atoms with Crippen molar-refractivity contribution in [2.45, 2.75) is 6.54 Å². The van der Waals surface area contributed by atoms with Crippen molar-refractivity contribution in [1.29, 1.82) is 0 Å². The van der Waals surface area contributed by atoms with E-state index in [0.717, 1.165) is 16.8 Å². The summed E-state index contributed by atoms with van der Waals surface area (Å²) < 4.78 is 3.28. The van der Waals surface area contributed by atoms with E-state index in [4.69, 9.17) is 0 Å². The Balaban J connectivity index is 1.90. The molecule has 2 nitrogen and oxygen atoms in total. The first-order valence-electron chi connectivity index (χ1n) is 5.62. The van der Waals surface area contributed by atoms with Crippen LogP contribution in [0.5, 0.6) is 0 Å². The molecule has 0 spiro atoms. The maximum atomic E-state index is 4.44. The third-order valence-corrected chi connectivity index (χ3v) is 4.12. The minimum Gasteiger partial charge on any atom is -0.326 e. The summed E-state index contributed by atoms with van der Waals surface area (Å²) in [5.41, 5.74) is 1.27. The smallest absolute Gasteiger partial charge is 0.150 e. The van der Waals surface area contributed by atoms with Gasteiger partial charge in [-0.25, -0.2) is 4.98 Å². The summed E-state index contributed by atoms with van der Waals surface area (Å²) in [7, 11) is 0. The first-order chi connectivity index (χ1) is 8.83. The minimum absolute atomic E-state index is 0.848. The molecule has 0 radical (unpaired) electrons. The first-order valence-corrected chi connectivity index (χ1v) is 7.29. The monoisotopic (exact) mass is 318 g/mol. The predicted octanol–water partition coefficient (Wildman–Crippen LogP) is 4.42. The molecular weight excluding hydrogens is 308 g/mol. The first kappa shape index (κ1) is 11.7. The molecule has 0 saturated heterocycles. The lowest BCUT2D eigenvalue weighted by atomic mass is 10.2. The molecule has 3 aromatic rings. The summed E-state index contributed by atoms with van der Waals surface area (Å²) in [6.45, 7) is 0.848. The van der Waals surface area contributed by atoms with Gasteiger partial charge in [-0.1, -0.05) is 34.1 Å². The van der Waals surface area contributed by atoms with Crippen molar-refractivity contribution in [1.82, 2.24) is 9.55 Å². The number of hydrogen-bond donors (Lipinski definition) is 0. The van der Waals surface area contributed by atoms with Gasteiger partial charge in [0.05, 0.1) is 4.88 Å². The average Bonchev–Trinajstić information content (AvgIpc) is 3.02. The highest BCUT2D eigenvalue weighted by Gasteiger charge is 2.06.